The molecule has 6 rings (SSSR count). The molecular weight excluding hydrogens is 1240 g/mol. The number of ketones is 1. The fourth-order valence-corrected chi connectivity index (χ4v) is 18.6. The molecule has 2 aliphatic carbocycles. The van der Waals surface area contributed by atoms with Crippen LogP contribution in [0, 0.1) is 11.8 Å². The Hall–Kier alpha value is -3.08. The van der Waals surface area contributed by atoms with Crippen molar-refractivity contribution in [3.05, 3.63) is 132 Å². The van der Waals surface area contributed by atoms with Gasteiger partial charge < -0.3 is 33.0 Å². The Labute approximate surface area is 556 Å². The SMILES string of the molecule is COC(=O)CSCCCS[C@H]1C(=O)C[C@@H](O)[C@@H]1/C=C/C(C)(O)CCc1ccc2ccccc2c1.COC(=O)CSCCCS[C@H]1C(O[Si](C)(C)C(C)(C)C)=C[C@@H](O[Si](C)(C)C(C)(C)C)[C@@H]1/C=C/C(C)(CCc1ccc2ccccc2c1)O[Si](C)(C)C(C)(C)C. The summed E-state index contributed by atoms with van der Waals surface area (Å²) < 4.78 is 31.5. The average molecular weight is 1350 g/mol. The number of hydrogen-bond acceptors (Lipinski definition) is 14. The Balaban J connectivity index is 0.000000361. The zero-order valence-corrected chi connectivity index (χ0v) is 63.7. The number of methoxy groups -OCH3 is 2. The summed E-state index contributed by atoms with van der Waals surface area (Å²) >= 11 is 6.71. The lowest BCUT2D eigenvalue weighted by molar-refractivity contribution is -0.138. The van der Waals surface area contributed by atoms with Gasteiger partial charge in [0.1, 0.15) is 5.78 Å². The monoisotopic (exact) mass is 1350 g/mol. The van der Waals surface area contributed by atoms with Gasteiger partial charge >= 0.3 is 11.9 Å². The van der Waals surface area contributed by atoms with Crippen molar-refractivity contribution in [1.29, 1.82) is 0 Å². The summed E-state index contributed by atoms with van der Waals surface area (Å²) in [4.78, 5) is 35.4. The zero-order valence-electron chi connectivity index (χ0n) is 57.4. The first-order valence-corrected chi connectivity index (χ1v) is 45.1. The van der Waals surface area contributed by atoms with E-state index in [1.54, 1.807) is 36.5 Å². The van der Waals surface area contributed by atoms with E-state index in [0.29, 0.717) is 17.9 Å². The van der Waals surface area contributed by atoms with E-state index >= 15 is 0 Å². The van der Waals surface area contributed by atoms with Crippen LogP contribution >= 0.6 is 47.0 Å². The zero-order chi connectivity index (χ0) is 66.2. The van der Waals surface area contributed by atoms with Gasteiger partial charge in [-0.2, -0.15) is 23.5 Å². The molecule has 0 saturated heterocycles. The van der Waals surface area contributed by atoms with Crippen molar-refractivity contribution in [3.8, 4) is 0 Å². The van der Waals surface area contributed by atoms with Crippen LogP contribution in [0.25, 0.3) is 21.5 Å². The number of carbonyl (C=O) groups is 3. The molecule has 0 aromatic heterocycles. The molecule has 0 amide bonds. The van der Waals surface area contributed by atoms with Crippen molar-refractivity contribution >= 4 is 111 Å². The summed E-state index contributed by atoms with van der Waals surface area (Å²) in [6.45, 7) is 39.2. The van der Waals surface area contributed by atoms with Crippen molar-refractivity contribution in [1.82, 2.24) is 0 Å². The van der Waals surface area contributed by atoms with Gasteiger partial charge in [0.05, 0.1) is 65.4 Å². The van der Waals surface area contributed by atoms with Gasteiger partial charge in [0, 0.05) is 18.3 Å². The lowest BCUT2D eigenvalue weighted by atomic mass is 9.93. The summed E-state index contributed by atoms with van der Waals surface area (Å²) in [6, 6.07) is 30.1. The molecule has 89 heavy (non-hydrogen) atoms. The largest absolute Gasteiger partial charge is 0.546 e. The first kappa shape index (κ1) is 76.6. The van der Waals surface area contributed by atoms with Crippen LogP contribution in [0.15, 0.2) is 121 Å². The number of hydrogen-bond donors (Lipinski definition) is 2. The summed E-state index contributed by atoms with van der Waals surface area (Å²) in [5, 5.41) is 26.3. The number of benzene rings is 4. The lowest BCUT2D eigenvalue weighted by Gasteiger charge is -2.44. The highest BCUT2D eigenvalue weighted by atomic mass is 32.2. The normalized spacial score (nSPS) is 21.0. The number of ether oxygens (including phenoxy) is 2. The van der Waals surface area contributed by atoms with Crippen LogP contribution in [0.4, 0.5) is 0 Å². The van der Waals surface area contributed by atoms with Crippen LogP contribution in [-0.4, -0.2) is 136 Å². The smallest absolute Gasteiger partial charge is 0.315 e. The van der Waals surface area contributed by atoms with Crippen molar-refractivity contribution in [3.63, 3.8) is 0 Å². The van der Waals surface area contributed by atoms with Crippen LogP contribution in [0.5, 0.6) is 0 Å². The molecule has 494 valence electrons. The Morgan fingerprint density at radius 3 is 1.53 bits per heavy atom. The number of carbonyl (C=O) groups excluding carboxylic acids is 3. The topological polar surface area (TPSA) is 138 Å². The van der Waals surface area contributed by atoms with Gasteiger partial charge in [-0.1, -0.05) is 172 Å². The predicted octanol–water partition coefficient (Wildman–Crippen LogP) is 17.9. The second kappa shape index (κ2) is 33.3. The fraction of sp³-hybridized carbons (Fsp3) is 0.597. The molecule has 2 N–H and O–H groups in total. The fourth-order valence-electron chi connectivity index (χ4n) is 9.98. The molecule has 10 nitrogen and oxygen atoms in total. The molecule has 1 saturated carbocycles. The Morgan fingerprint density at radius 1 is 0.584 bits per heavy atom. The number of Topliss-reactive ketones (excluding diaryl/α,β-unsaturated/α-hetero) is 1. The maximum atomic E-state index is 12.4. The Morgan fingerprint density at radius 2 is 1.04 bits per heavy atom. The number of aliphatic hydroxyl groups excluding tert-OH is 1. The van der Waals surface area contributed by atoms with Crippen LogP contribution in [-0.2, 0) is 50.0 Å². The summed E-state index contributed by atoms with van der Waals surface area (Å²) in [5.41, 5.74) is 1.000. The maximum Gasteiger partial charge on any atom is 0.315 e. The molecule has 1 fully saturated rings. The molecule has 2 unspecified atom stereocenters. The lowest BCUT2D eigenvalue weighted by Crippen LogP contribution is -2.48. The second-order valence-electron chi connectivity index (χ2n) is 29.3. The quantitative estimate of drug-likeness (QED) is 0.0222. The minimum Gasteiger partial charge on any atom is -0.546 e. The number of rotatable bonds is 30. The molecule has 2 aliphatic rings. The molecule has 0 aliphatic heterocycles. The van der Waals surface area contributed by atoms with E-state index in [0.717, 1.165) is 60.9 Å². The first-order chi connectivity index (χ1) is 41.4. The maximum absolute atomic E-state index is 12.4. The van der Waals surface area contributed by atoms with Gasteiger partial charge in [0.2, 0.25) is 8.32 Å². The van der Waals surface area contributed by atoms with Gasteiger partial charge in [0.25, 0.3) is 0 Å². The number of fused-ring (bicyclic) bond motifs is 2. The molecule has 17 heteroatoms. The van der Waals surface area contributed by atoms with Crippen LogP contribution in [0.3, 0.4) is 0 Å². The number of aryl methyl sites for hydroxylation is 2. The van der Waals surface area contributed by atoms with E-state index in [1.807, 2.05) is 30.0 Å². The number of aliphatic hydroxyl groups is 2. The standard InChI is InChI=1S/C45H76O5S2Si3.C27H34O5S2/c1-42(2,3)53(12,13)48-38-32-39(49-54(14,15)43(4,5)6)41(52-30-20-29-51-33-40(46)47-11)37(38)26-28-45(10,50-55(16,17)44(7,8)9)27-25-34-23-24-35-21-18-19-22-36(35)31-34;1-27(31,12-10-19-8-9-20-6-3-4-7-21(20)16-19)13-11-22-23(28)17-24(29)26(22)34-15-5-14-33-18-25(30)32-2/h18-19,21-24,26,28,31-32,37-38,41H,20,25,27,29-30,33H2,1-17H3;3-4,6-9,11,13,16,22-23,26,28,31H,5,10,12,14-15,17-18H2,1-2H3/b28-26+;13-11+/t37-,38+,41+,45?;22-,23+,26+,27?/m00/s1. The van der Waals surface area contributed by atoms with Gasteiger partial charge in [-0.15, -0.1) is 23.5 Å². The van der Waals surface area contributed by atoms with Gasteiger partial charge in [-0.3, -0.25) is 14.4 Å². The molecular formula is C72H110O10S4Si3. The minimum atomic E-state index is -2.16. The summed E-state index contributed by atoms with van der Waals surface area (Å²) in [5.74, 6) is 4.73. The molecule has 0 heterocycles. The van der Waals surface area contributed by atoms with E-state index in [2.05, 4.69) is 204 Å². The van der Waals surface area contributed by atoms with Crippen molar-refractivity contribution in [2.75, 3.05) is 48.7 Å². The van der Waals surface area contributed by atoms with Crippen LogP contribution in [0.1, 0.15) is 119 Å². The van der Waals surface area contributed by atoms with Crippen LogP contribution in [0.2, 0.25) is 54.4 Å². The summed E-state index contributed by atoms with van der Waals surface area (Å²) in [7, 11) is -3.62. The van der Waals surface area contributed by atoms with E-state index in [1.165, 1.54) is 58.7 Å². The van der Waals surface area contributed by atoms with Crippen LogP contribution < -0.4 is 0 Å². The Kier molecular flexibility index (Phi) is 28.7. The highest BCUT2D eigenvalue weighted by Gasteiger charge is 2.49. The third kappa shape index (κ3) is 23.4. The molecule has 0 spiro atoms. The Bertz CT molecular complexity index is 3030. The first-order valence-electron chi connectivity index (χ1n) is 32.0. The van der Waals surface area contributed by atoms with Crippen molar-refractivity contribution < 1.29 is 47.3 Å². The van der Waals surface area contributed by atoms with E-state index < -0.39 is 42.3 Å². The number of esters is 2. The highest BCUT2D eigenvalue weighted by molar-refractivity contribution is 8.01. The number of thioether (sulfide) groups is 4. The molecule has 4 aromatic carbocycles. The van der Waals surface area contributed by atoms with E-state index in [-0.39, 0.29) is 67.7 Å². The van der Waals surface area contributed by atoms with Crippen molar-refractivity contribution in [2.45, 2.75) is 209 Å². The third-order valence-corrected chi connectivity index (χ3v) is 37.1. The molecule has 0 radical (unpaired) electrons. The predicted molar refractivity (Wildman–Crippen MR) is 392 cm³/mol. The van der Waals surface area contributed by atoms with E-state index in [9.17, 15) is 24.6 Å². The highest BCUT2D eigenvalue weighted by Crippen LogP contribution is 2.48. The minimum absolute atomic E-state index is 0.0603. The van der Waals surface area contributed by atoms with Crippen molar-refractivity contribution in [2.24, 2.45) is 11.8 Å². The third-order valence-electron chi connectivity index (χ3n) is 18.7. The van der Waals surface area contributed by atoms with Gasteiger partial charge in [-0.05, 0) is 169 Å². The average Bonchev–Trinajstić information content (AvgIpc) is 3.00. The molecule has 8 atom stereocenters. The van der Waals surface area contributed by atoms with Gasteiger partial charge in [-0.25, -0.2) is 0 Å². The second-order valence-corrected chi connectivity index (χ2v) is 48.2. The van der Waals surface area contributed by atoms with E-state index in [4.69, 9.17) is 18.0 Å². The molecule has 0 bridgehead atoms. The molecule has 4 aromatic rings. The van der Waals surface area contributed by atoms with Gasteiger partial charge in [0.15, 0.2) is 16.6 Å². The summed E-state index contributed by atoms with van der Waals surface area (Å²) in [6.07, 6.45) is 15.1.